The van der Waals surface area contributed by atoms with E-state index < -0.39 is 0 Å². The fourth-order valence-corrected chi connectivity index (χ4v) is 2.50. The molecule has 3 aromatic carbocycles. The minimum atomic E-state index is -0.212. The second-order valence-corrected chi connectivity index (χ2v) is 6.00. The van der Waals surface area contributed by atoms with Crippen molar-refractivity contribution in [3.05, 3.63) is 89.5 Å². The maximum atomic E-state index is 12.3. The zero-order chi connectivity index (χ0) is 18.5. The molecular formula is C21H19N3O2. The predicted molar refractivity (Wildman–Crippen MR) is 104 cm³/mol. The second-order valence-electron chi connectivity index (χ2n) is 6.00. The number of amides is 1. The summed E-state index contributed by atoms with van der Waals surface area (Å²) < 4.78 is 0. The van der Waals surface area contributed by atoms with Crippen LogP contribution in [0.3, 0.4) is 0 Å². The molecule has 26 heavy (non-hydrogen) atoms. The minimum Gasteiger partial charge on any atom is -0.399 e. The van der Waals surface area contributed by atoms with Gasteiger partial charge in [0.1, 0.15) is 0 Å². The minimum absolute atomic E-state index is 0.0173. The van der Waals surface area contributed by atoms with Crippen LogP contribution in [-0.2, 0) is 6.42 Å². The third-order valence-corrected chi connectivity index (χ3v) is 3.98. The van der Waals surface area contributed by atoms with Crippen LogP contribution in [0, 0.1) is 0 Å². The van der Waals surface area contributed by atoms with Crippen LogP contribution in [0.15, 0.2) is 72.8 Å². The summed E-state index contributed by atoms with van der Waals surface area (Å²) in [5.41, 5.74) is 15.2. The maximum absolute atomic E-state index is 12.3. The number of benzene rings is 3. The molecular weight excluding hydrogens is 326 g/mol. The largest absolute Gasteiger partial charge is 0.399 e. The molecule has 0 bridgehead atoms. The molecule has 5 nitrogen and oxygen atoms in total. The lowest BCUT2D eigenvalue weighted by Gasteiger charge is -2.07. The van der Waals surface area contributed by atoms with Gasteiger partial charge in [-0.1, -0.05) is 12.1 Å². The highest BCUT2D eigenvalue weighted by Gasteiger charge is 2.08. The Morgan fingerprint density at radius 1 is 0.692 bits per heavy atom. The molecule has 3 aromatic rings. The van der Waals surface area contributed by atoms with Crippen LogP contribution >= 0.6 is 0 Å². The van der Waals surface area contributed by atoms with Crippen molar-refractivity contribution in [2.24, 2.45) is 0 Å². The van der Waals surface area contributed by atoms with E-state index in [2.05, 4.69) is 5.32 Å². The first-order valence-corrected chi connectivity index (χ1v) is 8.16. The molecule has 5 N–H and O–H groups in total. The third-order valence-electron chi connectivity index (χ3n) is 3.98. The molecule has 3 rings (SSSR count). The first-order valence-electron chi connectivity index (χ1n) is 8.16. The zero-order valence-corrected chi connectivity index (χ0v) is 14.1. The average Bonchev–Trinajstić information content (AvgIpc) is 2.64. The van der Waals surface area contributed by atoms with E-state index in [4.69, 9.17) is 11.5 Å². The summed E-state index contributed by atoms with van der Waals surface area (Å²) in [6, 6.07) is 20.8. The number of nitrogens with two attached hydrogens (primary N) is 2. The maximum Gasteiger partial charge on any atom is 0.255 e. The Hall–Kier alpha value is -3.60. The van der Waals surface area contributed by atoms with E-state index >= 15 is 0 Å². The summed E-state index contributed by atoms with van der Waals surface area (Å²) >= 11 is 0. The number of anilines is 3. The van der Waals surface area contributed by atoms with Crippen LogP contribution < -0.4 is 16.8 Å². The van der Waals surface area contributed by atoms with Crippen molar-refractivity contribution >= 4 is 28.8 Å². The molecule has 0 aliphatic carbocycles. The molecule has 0 fully saturated rings. The van der Waals surface area contributed by atoms with E-state index in [1.807, 2.05) is 12.1 Å². The molecule has 130 valence electrons. The number of carbonyl (C=O) groups excluding carboxylic acids is 2. The Morgan fingerprint density at radius 2 is 1.19 bits per heavy atom. The van der Waals surface area contributed by atoms with Gasteiger partial charge in [-0.25, -0.2) is 0 Å². The van der Waals surface area contributed by atoms with Crippen LogP contribution in [0.2, 0.25) is 0 Å². The van der Waals surface area contributed by atoms with E-state index in [-0.39, 0.29) is 18.1 Å². The van der Waals surface area contributed by atoms with Crippen LogP contribution in [0.1, 0.15) is 26.3 Å². The van der Waals surface area contributed by atoms with Crippen LogP contribution in [0.5, 0.6) is 0 Å². The van der Waals surface area contributed by atoms with Crippen LogP contribution in [-0.4, -0.2) is 11.7 Å². The van der Waals surface area contributed by atoms with Crippen molar-refractivity contribution in [3.8, 4) is 0 Å². The monoisotopic (exact) mass is 345 g/mol. The number of nitrogens with one attached hydrogen (secondary N) is 1. The van der Waals surface area contributed by atoms with Gasteiger partial charge in [-0.05, 0) is 66.2 Å². The molecule has 0 aliphatic rings. The van der Waals surface area contributed by atoms with E-state index in [1.54, 1.807) is 60.7 Å². The topological polar surface area (TPSA) is 98.2 Å². The van der Waals surface area contributed by atoms with Crippen molar-refractivity contribution in [1.82, 2.24) is 0 Å². The van der Waals surface area contributed by atoms with E-state index in [9.17, 15) is 9.59 Å². The van der Waals surface area contributed by atoms with Gasteiger partial charge in [0.05, 0.1) is 0 Å². The Kier molecular flexibility index (Phi) is 4.99. The molecule has 0 heterocycles. The molecule has 0 unspecified atom stereocenters. The third kappa shape index (κ3) is 4.27. The molecule has 0 saturated carbocycles. The smallest absolute Gasteiger partial charge is 0.255 e. The number of carbonyl (C=O) groups is 2. The standard InChI is InChI=1S/C21H19N3O2/c22-17-7-3-15(4-8-17)20(25)13-14-1-11-19(12-2-14)24-21(26)16-5-9-18(23)10-6-16/h1-12H,13,22-23H2,(H,24,26). The van der Waals surface area contributed by atoms with Gasteiger partial charge in [0.15, 0.2) is 5.78 Å². The molecule has 1 amide bonds. The zero-order valence-electron chi connectivity index (χ0n) is 14.1. The first kappa shape index (κ1) is 17.2. The Morgan fingerprint density at radius 3 is 1.73 bits per heavy atom. The number of nitrogen functional groups attached to an aromatic ring is 2. The van der Waals surface area contributed by atoms with Gasteiger partial charge in [-0.15, -0.1) is 0 Å². The lowest BCUT2D eigenvalue weighted by Crippen LogP contribution is -2.12. The predicted octanol–water partition coefficient (Wildman–Crippen LogP) is 3.53. The number of rotatable bonds is 5. The molecule has 0 atom stereocenters. The lowest BCUT2D eigenvalue weighted by atomic mass is 10.0. The summed E-state index contributed by atoms with van der Waals surface area (Å²) in [5, 5.41) is 2.82. The fraction of sp³-hybridized carbons (Fsp3) is 0.0476. The molecule has 0 aromatic heterocycles. The van der Waals surface area contributed by atoms with Gasteiger partial charge in [0.25, 0.3) is 5.91 Å². The molecule has 0 spiro atoms. The fourth-order valence-electron chi connectivity index (χ4n) is 2.50. The molecule has 0 aliphatic heterocycles. The van der Waals surface area contributed by atoms with E-state index in [0.29, 0.717) is 28.2 Å². The summed E-state index contributed by atoms with van der Waals surface area (Å²) in [7, 11) is 0. The summed E-state index contributed by atoms with van der Waals surface area (Å²) in [5.74, 6) is -0.195. The van der Waals surface area contributed by atoms with E-state index in [1.165, 1.54) is 0 Å². The van der Waals surface area contributed by atoms with Gasteiger partial charge >= 0.3 is 0 Å². The van der Waals surface area contributed by atoms with Crippen molar-refractivity contribution in [2.75, 3.05) is 16.8 Å². The van der Waals surface area contributed by atoms with Crippen molar-refractivity contribution in [2.45, 2.75) is 6.42 Å². The highest BCUT2D eigenvalue weighted by molar-refractivity contribution is 6.04. The molecule has 0 saturated heterocycles. The van der Waals surface area contributed by atoms with Gasteiger partial charge in [0, 0.05) is 34.6 Å². The van der Waals surface area contributed by atoms with Gasteiger partial charge in [-0.3, -0.25) is 9.59 Å². The highest BCUT2D eigenvalue weighted by atomic mass is 16.1. The van der Waals surface area contributed by atoms with Crippen LogP contribution in [0.4, 0.5) is 17.1 Å². The summed E-state index contributed by atoms with van der Waals surface area (Å²) in [6.45, 7) is 0. The Labute approximate surface area is 151 Å². The Balaban J connectivity index is 1.62. The quantitative estimate of drug-likeness (QED) is 0.487. The number of hydrogen-bond acceptors (Lipinski definition) is 4. The number of hydrogen-bond donors (Lipinski definition) is 3. The molecule has 5 heteroatoms. The number of ketones is 1. The SMILES string of the molecule is Nc1ccc(C(=O)Cc2ccc(NC(=O)c3ccc(N)cc3)cc2)cc1. The normalized spacial score (nSPS) is 10.3. The summed E-state index contributed by atoms with van der Waals surface area (Å²) in [4.78, 5) is 24.5. The highest BCUT2D eigenvalue weighted by Crippen LogP contribution is 2.15. The number of Topliss-reactive ketones (excluding diaryl/α,β-unsaturated/α-hetero) is 1. The van der Waals surface area contributed by atoms with Crippen molar-refractivity contribution in [1.29, 1.82) is 0 Å². The second kappa shape index (κ2) is 7.53. The van der Waals surface area contributed by atoms with Crippen molar-refractivity contribution in [3.63, 3.8) is 0 Å². The molecule has 0 radical (unpaired) electrons. The Bertz CT molecular complexity index is 836. The lowest BCUT2D eigenvalue weighted by molar-refractivity contribution is 0.0990. The van der Waals surface area contributed by atoms with E-state index in [0.717, 1.165) is 5.56 Å². The van der Waals surface area contributed by atoms with Crippen molar-refractivity contribution < 1.29 is 9.59 Å². The van der Waals surface area contributed by atoms with Gasteiger partial charge in [-0.2, -0.15) is 0 Å². The first-order chi connectivity index (χ1) is 12.5. The van der Waals surface area contributed by atoms with Gasteiger partial charge in [0.2, 0.25) is 0 Å². The van der Waals surface area contributed by atoms with Gasteiger partial charge < -0.3 is 16.8 Å². The summed E-state index contributed by atoms with van der Waals surface area (Å²) in [6.07, 6.45) is 0.288. The van der Waals surface area contributed by atoms with Crippen LogP contribution in [0.25, 0.3) is 0 Å². The average molecular weight is 345 g/mol.